The fourth-order valence-electron chi connectivity index (χ4n) is 2.53. The summed E-state index contributed by atoms with van der Waals surface area (Å²) in [7, 11) is -3.33. The molecular weight excluding hydrogens is 412 g/mol. The molecule has 0 radical (unpaired) electrons. The molecule has 0 spiro atoms. The van der Waals surface area contributed by atoms with E-state index in [1.807, 2.05) is 30.3 Å². The second-order valence-corrected chi connectivity index (χ2v) is 9.04. The quantitative estimate of drug-likeness (QED) is 0.555. The van der Waals surface area contributed by atoms with E-state index >= 15 is 0 Å². The Balaban J connectivity index is 1.68. The van der Waals surface area contributed by atoms with Crippen molar-refractivity contribution in [2.45, 2.75) is 18.4 Å². The molecule has 150 valence electrons. The highest BCUT2D eigenvalue weighted by molar-refractivity contribution is 7.90. The first-order chi connectivity index (χ1) is 13.8. The summed E-state index contributed by atoms with van der Waals surface area (Å²) in [5, 5.41) is 2.20. The van der Waals surface area contributed by atoms with E-state index in [0.29, 0.717) is 16.5 Å². The number of carbonyl (C=O) groups excluding carboxylic acids is 2. The van der Waals surface area contributed by atoms with Crippen LogP contribution in [0.5, 0.6) is 0 Å². The largest absolute Gasteiger partial charge is 0.456 e. The summed E-state index contributed by atoms with van der Waals surface area (Å²) in [6.45, 7) is 1.39. The molecule has 3 aromatic rings. The van der Waals surface area contributed by atoms with Crippen LogP contribution in [-0.4, -0.2) is 31.5 Å². The van der Waals surface area contributed by atoms with Crippen LogP contribution in [0.1, 0.15) is 23.0 Å². The van der Waals surface area contributed by atoms with Crippen molar-refractivity contribution in [2.75, 3.05) is 11.2 Å². The Labute approximate surface area is 172 Å². The van der Waals surface area contributed by atoms with Crippen molar-refractivity contribution in [1.29, 1.82) is 0 Å². The molecule has 2 aromatic carbocycles. The number of esters is 1. The van der Waals surface area contributed by atoms with Crippen LogP contribution < -0.4 is 4.90 Å². The molecule has 1 amide bonds. The van der Waals surface area contributed by atoms with Crippen molar-refractivity contribution >= 4 is 43.9 Å². The summed E-state index contributed by atoms with van der Waals surface area (Å²) in [4.78, 5) is 30.3. The molecule has 0 unspecified atom stereocenters. The highest BCUT2D eigenvalue weighted by Gasteiger charge is 2.18. The summed E-state index contributed by atoms with van der Waals surface area (Å²) in [5.74, 6) is -0.772. The molecule has 0 bridgehead atoms. The zero-order valence-corrected chi connectivity index (χ0v) is 17.4. The Morgan fingerprint density at radius 2 is 1.72 bits per heavy atom. The SMILES string of the molecule is CC(=O)N(c1ccccc1)c1nc(COC(=O)c2ccc(S(C)(=O)=O)cc2)cs1. The Morgan fingerprint density at radius 1 is 1.07 bits per heavy atom. The number of nitrogens with zero attached hydrogens (tertiary/aromatic N) is 2. The summed E-state index contributed by atoms with van der Waals surface area (Å²) < 4.78 is 28.2. The molecule has 0 saturated carbocycles. The molecule has 0 saturated heterocycles. The van der Waals surface area contributed by atoms with Crippen LogP contribution in [0.25, 0.3) is 0 Å². The second-order valence-electron chi connectivity index (χ2n) is 6.18. The number of sulfone groups is 1. The molecular formula is C20H18N2O5S2. The normalized spacial score (nSPS) is 11.1. The smallest absolute Gasteiger partial charge is 0.338 e. The van der Waals surface area contributed by atoms with Crippen LogP contribution in [0.15, 0.2) is 64.9 Å². The van der Waals surface area contributed by atoms with E-state index in [2.05, 4.69) is 4.98 Å². The van der Waals surface area contributed by atoms with Gasteiger partial charge < -0.3 is 4.74 Å². The molecule has 9 heteroatoms. The van der Waals surface area contributed by atoms with Crippen LogP contribution in [-0.2, 0) is 26.0 Å². The third kappa shape index (κ3) is 5.07. The summed E-state index contributed by atoms with van der Waals surface area (Å²) in [6, 6.07) is 14.7. The summed E-state index contributed by atoms with van der Waals surface area (Å²) >= 11 is 1.27. The zero-order chi connectivity index (χ0) is 21.0. The van der Waals surface area contributed by atoms with E-state index in [1.54, 1.807) is 5.38 Å². The zero-order valence-electron chi connectivity index (χ0n) is 15.7. The molecule has 7 nitrogen and oxygen atoms in total. The third-order valence-electron chi connectivity index (χ3n) is 3.93. The molecule has 0 aliphatic heterocycles. The summed E-state index contributed by atoms with van der Waals surface area (Å²) in [5.41, 5.74) is 1.44. The van der Waals surface area contributed by atoms with Gasteiger partial charge in [0.15, 0.2) is 15.0 Å². The Morgan fingerprint density at radius 3 is 2.31 bits per heavy atom. The molecule has 1 heterocycles. The number of benzene rings is 2. The van der Waals surface area contributed by atoms with Gasteiger partial charge in [-0.15, -0.1) is 11.3 Å². The first-order valence-electron chi connectivity index (χ1n) is 8.53. The van der Waals surface area contributed by atoms with Gasteiger partial charge in [-0.1, -0.05) is 18.2 Å². The number of carbonyl (C=O) groups is 2. The Kier molecular flexibility index (Phi) is 6.09. The Hall–Kier alpha value is -3.04. The molecule has 3 rings (SSSR count). The van der Waals surface area contributed by atoms with Crippen molar-refractivity contribution in [1.82, 2.24) is 4.98 Å². The maximum Gasteiger partial charge on any atom is 0.338 e. The monoisotopic (exact) mass is 430 g/mol. The van der Waals surface area contributed by atoms with Crippen LogP contribution in [0.3, 0.4) is 0 Å². The Bertz CT molecular complexity index is 1120. The van der Waals surface area contributed by atoms with Crippen molar-refractivity contribution < 1.29 is 22.7 Å². The number of thiazole rings is 1. The van der Waals surface area contributed by atoms with E-state index in [1.165, 1.54) is 47.4 Å². The maximum absolute atomic E-state index is 12.2. The molecule has 0 fully saturated rings. The van der Waals surface area contributed by atoms with Crippen molar-refractivity contribution in [3.05, 3.63) is 71.2 Å². The van der Waals surface area contributed by atoms with Crippen LogP contribution in [0.4, 0.5) is 10.8 Å². The average molecular weight is 431 g/mol. The van der Waals surface area contributed by atoms with Gasteiger partial charge in [-0.2, -0.15) is 0 Å². The summed E-state index contributed by atoms with van der Waals surface area (Å²) in [6.07, 6.45) is 1.10. The van der Waals surface area contributed by atoms with Gasteiger partial charge in [0.1, 0.15) is 6.61 Å². The van der Waals surface area contributed by atoms with Crippen molar-refractivity contribution in [2.24, 2.45) is 0 Å². The fraction of sp³-hybridized carbons (Fsp3) is 0.150. The lowest BCUT2D eigenvalue weighted by Gasteiger charge is -2.17. The number of amides is 1. The van der Waals surface area contributed by atoms with Gasteiger partial charge in [0, 0.05) is 18.6 Å². The first-order valence-corrected chi connectivity index (χ1v) is 11.3. The minimum Gasteiger partial charge on any atom is -0.456 e. The van der Waals surface area contributed by atoms with Crippen LogP contribution in [0, 0.1) is 0 Å². The predicted octanol–water partition coefficient (Wildman–Crippen LogP) is 3.59. The number of anilines is 2. The number of para-hydroxylation sites is 1. The first kappa shape index (κ1) is 20.7. The lowest BCUT2D eigenvalue weighted by molar-refractivity contribution is -0.115. The van der Waals surface area contributed by atoms with E-state index < -0.39 is 15.8 Å². The third-order valence-corrected chi connectivity index (χ3v) is 5.93. The van der Waals surface area contributed by atoms with Gasteiger partial charge in [-0.3, -0.25) is 9.69 Å². The molecule has 0 atom stereocenters. The van der Waals surface area contributed by atoms with E-state index in [0.717, 1.165) is 6.26 Å². The molecule has 1 aromatic heterocycles. The second kappa shape index (κ2) is 8.54. The van der Waals surface area contributed by atoms with Gasteiger partial charge in [0.05, 0.1) is 21.8 Å². The van der Waals surface area contributed by atoms with Crippen LogP contribution in [0.2, 0.25) is 0 Å². The van der Waals surface area contributed by atoms with E-state index in [4.69, 9.17) is 4.74 Å². The van der Waals surface area contributed by atoms with E-state index in [-0.39, 0.29) is 23.0 Å². The lowest BCUT2D eigenvalue weighted by Crippen LogP contribution is -2.22. The number of rotatable bonds is 6. The van der Waals surface area contributed by atoms with Gasteiger partial charge in [0.25, 0.3) is 0 Å². The highest BCUT2D eigenvalue weighted by Crippen LogP contribution is 2.29. The van der Waals surface area contributed by atoms with Gasteiger partial charge in [-0.25, -0.2) is 18.2 Å². The minimum absolute atomic E-state index is 0.0658. The average Bonchev–Trinajstić information content (AvgIpc) is 3.14. The van der Waals surface area contributed by atoms with Crippen LogP contribution >= 0.6 is 11.3 Å². The maximum atomic E-state index is 12.2. The number of ether oxygens (including phenoxy) is 1. The standard InChI is InChI=1S/C20H18N2O5S2/c1-14(23)22(17-6-4-3-5-7-17)20-21-16(13-28-20)12-27-19(24)15-8-10-18(11-9-15)29(2,25)26/h3-11,13H,12H2,1-2H3. The van der Waals surface area contributed by atoms with Crippen molar-refractivity contribution in [3.8, 4) is 0 Å². The number of hydrogen-bond acceptors (Lipinski definition) is 7. The lowest BCUT2D eigenvalue weighted by atomic mass is 10.2. The molecule has 0 aliphatic rings. The predicted molar refractivity (Wildman–Crippen MR) is 110 cm³/mol. The highest BCUT2D eigenvalue weighted by atomic mass is 32.2. The van der Waals surface area contributed by atoms with Gasteiger partial charge in [0.2, 0.25) is 5.91 Å². The van der Waals surface area contributed by atoms with Crippen molar-refractivity contribution in [3.63, 3.8) is 0 Å². The number of aromatic nitrogens is 1. The topological polar surface area (TPSA) is 93.6 Å². The minimum atomic E-state index is -3.33. The van der Waals surface area contributed by atoms with E-state index in [9.17, 15) is 18.0 Å². The fourth-order valence-corrected chi connectivity index (χ4v) is 4.03. The van der Waals surface area contributed by atoms with Gasteiger partial charge >= 0.3 is 5.97 Å². The molecule has 29 heavy (non-hydrogen) atoms. The number of hydrogen-bond donors (Lipinski definition) is 0. The molecule has 0 N–H and O–H groups in total. The molecule has 0 aliphatic carbocycles. The van der Waals surface area contributed by atoms with Gasteiger partial charge in [-0.05, 0) is 36.4 Å².